The minimum absolute atomic E-state index is 0.0409. The number of hydrogen-bond acceptors (Lipinski definition) is 7. The van der Waals surface area contributed by atoms with Crippen LogP contribution in [0.15, 0.2) is 62.0 Å². The predicted molar refractivity (Wildman–Crippen MR) is 109 cm³/mol. The maximum atomic E-state index is 12.7. The van der Waals surface area contributed by atoms with Gasteiger partial charge in [-0.25, -0.2) is 22.4 Å². The van der Waals surface area contributed by atoms with E-state index in [0.717, 1.165) is 16.8 Å². The van der Waals surface area contributed by atoms with E-state index in [1.807, 2.05) is 36.6 Å². The Hall–Kier alpha value is -3.44. The van der Waals surface area contributed by atoms with Gasteiger partial charge in [0.25, 0.3) is 16.0 Å². The van der Waals surface area contributed by atoms with Gasteiger partial charge in [-0.15, -0.1) is 16.4 Å². The standard InChI is InChI=1S/C18H13N5O4S2/c1-10-2-4-11(5-3-10)14-9-28-17-20-16(21-23(14)17)22-29(25,26)12-6-7-13-15(8-12)27-18(24)19-13/h2-9H,1H3,(H,19,24)(H,21,22). The van der Waals surface area contributed by atoms with Crippen LogP contribution in [0.4, 0.5) is 5.95 Å². The van der Waals surface area contributed by atoms with Crippen molar-refractivity contribution < 1.29 is 12.8 Å². The Balaban J connectivity index is 1.50. The zero-order chi connectivity index (χ0) is 20.2. The van der Waals surface area contributed by atoms with E-state index in [1.54, 1.807) is 4.52 Å². The lowest BCUT2D eigenvalue weighted by atomic mass is 10.1. The molecule has 0 radical (unpaired) electrons. The number of aromatic amines is 1. The van der Waals surface area contributed by atoms with Gasteiger partial charge in [0, 0.05) is 17.0 Å². The number of nitrogens with zero attached hydrogens (tertiary/aromatic N) is 3. The van der Waals surface area contributed by atoms with Gasteiger partial charge in [0.2, 0.25) is 4.96 Å². The van der Waals surface area contributed by atoms with E-state index in [1.165, 1.54) is 29.5 Å². The van der Waals surface area contributed by atoms with Gasteiger partial charge < -0.3 is 4.42 Å². The molecule has 0 spiro atoms. The summed E-state index contributed by atoms with van der Waals surface area (Å²) in [5, 5.41) is 6.21. The van der Waals surface area contributed by atoms with Crippen molar-refractivity contribution in [2.45, 2.75) is 11.8 Å². The minimum Gasteiger partial charge on any atom is -0.408 e. The lowest BCUT2D eigenvalue weighted by Gasteiger charge is -2.04. The second-order valence-electron chi connectivity index (χ2n) is 6.39. The van der Waals surface area contributed by atoms with Gasteiger partial charge in [0.05, 0.1) is 16.1 Å². The Morgan fingerprint density at radius 2 is 1.97 bits per heavy atom. The number of sulfonamides is 1. The molecule has 5 rings (SSSR count). The van der Waals surface area contributed by atoms with Crippen LogP contribution in [-0.2, 0) is 10.0 Å². The summed E-state index contributed by atoms with van der Waals surface area (Å²) in [7, 11) is -3.96. The zero-order valence-electron chi connectivity index (χ0n) is 14.9. The first-order chi connectivity index (χ1) is 13.9. The van der Waals surface area contributed by atoms with E-state index < -0.39 is 15.8 Å². The van der Waals surface area contributed by atoms with Crippen molar-refractivity contribution in [2.24, 2.45) is 0 Å². The second kappa shape index (κ2) is 6.29. The number of rotatable bonds is 4. The van der Waals surface area contributed by atoms with Crippen LogP contribution in [0, 0.1) is 6.92 Å². The summed E-state index contributed by atoms with van der Waals surface area (Å²) in [4.78, 5) is 18.5. The number of aryl methyl sites for hydroxylation is 1. The largest absolute Gasteiger partial charge is 0.417 e. The molecule has 0 aliphatic heterocycles. The molecule has 9 nitrogen and oxygen atoms in total. The Kier molecular flexibility index (Phi) is 3.83. The second-order valence-corrected chi connectivity index (χ2v) is 8.91. The minimum atomic E-state index is -3.96. The highest BCUT2D eigenvalue weighted by Gasteiger charge is 2.20. The van der Waals surface area contributed by atoms with E-state index in [2.05, 4.69) is 19.8 Å². The molecule has 0 atom stereocenters. The molecule has 0 aliphatic carbocycles. The number of benzene rings is 2. The van der Waals surface area contributed by atoms with E-state index in [4.69, 9.17) is 4.42 Å². The Bertz CT molecular complexity index is 1520. The number of hydrogen-bond donors (Lipinski definition) is 2. The molecular formula is C18H13N5O4S2. The van der Waals surface area contributed by atoms with Crippen molar-refractivity contribution in [3.05, 3.63) is 64.0 Å². The van der Waals surface area contributed by atoms with Crippen molar-refractivity contribution in [3.8, 4) is 11.3 Å². The van der Waals surface area contributed by atoms with Crippen LogP contribution in [-0.4, -0.2) is 28.0 Å². The number of aromatic nitrogens is 4. The average molecular weight is 427 g/mol. The van der Waals surface area contributed by atoms with Crippen LogP contribution >= 0.6 is 11.3 Å². The molecule has 3 aromatic heterocycles. The van der Waals surface area contributed by atoms with E-state index in [9.17, 15) is 13.2 Å². The first kappa shape index (κ1) is 17.6. The van der Waals surface area contributed by atoms with Gasteiger partial charge in [0.15, 0.2) is 5.58 Å². The van der Waals surface area contributed by atoms with E-state index in [-0.39, 0.29) is 16.4 Å². The monoisotopic (exact) mass is 427 g/mol. The lowest BCUT2D eigenvalue weighted by Crippen LogP contribution is -2.14. The predicted octanol–water partition coefficient (Wildman–Crippen LogP) is 3.00. The summed E-state index contributed by atoms with van der Waals surface area (Å²) in [6.07, 6.45) is 0. The molecule has 2 aromatic carbocycles. The Morgan fingerprint density at radius 3 is 2.76 bits per heavy atom. The van der Waals surface area contributed by atoms with Crippen LogP contribution in [0.1, 0.15) is 5.56 Å². The molecule has 5 aromatic rings. The molecule has 146 valence electrons. The quantitative estimate of drug-likeness (QED) is 0.455. The Labute approximate surface area is 167 Å². The first-order valence-electron chi connectivity index (χ1n) is 8.46. The lowest BCUT2D eigenvalue weighted by molar-refractivity contribution is 0.554. The number of H-pyrrole nitrogens is 1. The van der Waals surface area contributed by atoms with Crippen LogP contribution < -0.4 is 10.5 Å². The molecule has 29 heavy (non-hydrogen) atoms. The molecule has 11 heteroatoms. The third-order valence-corrected chi connectivity index (χ3v) is 6.50. The topological polar surface area (TPSA) is 122 Å². The zero-order valence-corrected chi connectivity index (χ0v) is 16.5. The molecule has 2 N–H and O–H groups in total. The summed E-state index contributed by atoms with van der Waals surface area (Å²) in [5.74, 6) is -0.692. The number of oxazole rings is 1. The van der Waals surface area contributed by atoms with Crippen molar-refractivity contribution in [3.63, 3.8) is 0 Å². The van der Waals surface area contributed by atoms with Gasteiger partial charge >= 0.3 is 5.76 Å². The fraction of sp³-hybridized carbons (Fsp3) is 0.0556. The van der Waals surface area contributed by atoms with Crippen LogP contribution in [0.2, 0.25) is 0 Å². The molecule has 0 bridgehead atoms. The highest BCUT2D eigenvalue weighted by Crippen LogP contribution is 2.27. The number of fused-ring (bicyclic) bond motifs is 2. The number of thiazole rings is 1. The molecule has 0 saturated carbocycles. The third kappa shape index (κ3) is 3.09. The van der Waals surface area contributed by atoms with Gasteiger partial charge in [-0.3, -0.25) is 4.98 Å². The van der Waals surface area contributed by atoms with Gasteiger partial charge in [-0.1, -0.05) is 29.8 Å². The highest BCUT2D eigenvalue weighted by molar-refractivity contribution is 7.92. The molecule has 0 amide bonds. The molecule has 0 saturated heterocycles. The maximum Gasteiger partial charge on any atom is 0.417 e. The van der Waals surface area contributed by atoms with Gasteiger partial charge in [-0.05, 0) is 19.1 Å². The van der Waals surface area contributed by atoms with Crippen molar-refractivity contribution in [1.82, 2.24) is 19.6 Å². The van der Waals surface area contributed by atoms with Crippen LogP contribution in [0.5, 0.6) is 0 Å². The highest BCUT2D eigenvalue weighted by atomic mass is 32.2. The van der Waals surface area contributed by atoms with Crippen molar-refractivity contribution in [2.75, 3.05) is 4.72 Å². The summed E-state index contributed by atoms with van der Waals surface area (Å²) in [6.45, 7) is 2.01. The summed E-state index contributed by atoms with van der Waals surface area (Å²) in [5.41, 5.74) is 3.48. The van der Waals surface area contributed by atoms with Crippen LogP contribution in [0.25, 0.3) is 27.3 Å². The Morgan fingerprint density at radius 1 is 1.17 bits per heavy atom. The molecule has 0 fully saturated rings. The van der Waals surface area contributed by atoms with E-state index >= 15 is 0 Å². The fourth-order valence-electron chi connectivity index (χ4n) is 2.92. The number of nitrogens with one attached hydrogen (secondary N) is 2. The summed E-state index contributed by atoms with van der Waals surface area (Å²) in [6, 6.07) is 12.0. The molecule has 3 heterocycles. The maximum absolute atomic E-state index is 12.7. The first-order valence-corrected chi connectivity index (χ1v) is 10.8. The fourth-order valence-corrected chi connectivity index (χ4v) is 4.70. The molecule has 0 unspecified atom stereocenters. The van der Waals surface area contributed by atoms with E-state index in [0.29, 0.717) is 10.5 Å². The third-order valence-electron chi connectivity index (χ3n) is 4.36. The van der Waals surface area contributed by atoms with Crippen LogP contribution in [0.3, 0.4) is 0 Å². The SMILES string of the molecule is Cc1ccc(-c2csc3nc(NS(=O)(=O)c4ccc5[nH]c(=O)oc5c4)nn23)cc1. The van der Waals surface area contributed by atoms with Crippen molar-refractivity contribution >= 4 is 43.4 Å². The van der Waals surface area contributed by atoms with Gasteiger partial charge in [0.1, 0.15) is 0 Å². The average Bonchev–Trinajstić information content (AvgIpc) is 3.34. The smallest absolute Gasteiger partial charge is 0.408 e. The molecule has 0 aliphatic rings. The normalized spacial score (nSPS) is 12.0. The summed E-state index contributed by atoms with van der Waals surface area (Å²) < 4.78 is 34.3. The molecular weight excluding hydrogens is 414 g/mol. The van der Waals surface area contributed by atoms with Crippen molar-refractivity contribution in [1.29, 1.82) is 0 Å². The number of anilines is 1. The van der Waals surface area contributed by atoms with Gasteiger partial charge in [-0.2, -0.15) is 4.98 Å². The summed E-state index contributed by atoms with van der Waals surface area (Å²) >= 11 is 1.36.